The number of aromatic nitrogens is 3. The Bertz CT molecular complexity index is 1150. The Kier molecular flexibility index (Phi) is 3.49. The van der Waals surface area contributed by atoms with Gasteiger partial charge < -0.3 is 0 Å². The van der Waals surface area contributed by atoms with Crippen molar-refractivity contribution in [3.8, 4) is 11.4 Å². The van der Waals surface area contributed by atoms with Gasteiger partial charge in [-0.3, -0.25) is 0 Å². The molecule has 0 aliphatic heterocycles. The molecule has 4 aromatic rings. The van der Waals surface area contributed by atoms with E-state index in [0.29, 0.717) is 22.2 Å². The van der Waals surface area contributed by atoms with E-state index in [4.69, 9.17) is 0 Å². The number of halogens is 1. The highest BCUT2D eigenvalue weighted by Gasteiger charge is 2.23. The molecule has 25 heavy (non-hydrogen) atoms. The molecule has 0 N–H and O–H groups in total. The summed E-state index contributed by atoms with van der Waals surface area (Å²) >= 11 is 0. The van der Waals surface area contributed by atoms with Gasteiger partial charge in [-0.15, -0.1) is 4.68 Å². The molecule has 0 unspecified atom stereocenters. The lowest BCUT2D eigenvalue weighted by atomic mass is 9.99. The van der Waals surface area contributed by atoms with Crippen molar-refractivity contribution < 1.29 is 9.07 Å². The molecule has 4 rings (SSSR count). The fourth-order valence-electron chi connectivity index (χ4n) is 3.35. The highest BCUT2D eigenvalue weighted by molar-refractivity contribution is 5.95. The van der Waals surface area contributed by atoms with E-state index in [0.717, 1.165) is 22.1 Å². The number of fused-ring (bicyclic) bond motifs is 2. The van der Waals surface area contributed by atoms with Crippen LogP contribution in [0.15, 0.2) is 42.5 Å². The van der Waals surface area contributed by atoms with Gasteiger partial charge in [0, 0.05) is 5.39 Å². The molecule has 0 spiro atoms. The van der Waals surface area contributed by atoms with Gasteiger partial charge in [0.25, 0.3) is 0 Å². The van der Waals surface area contributed by atoms with Gasteiger partial charge in [-0.1, -0.05) is 35.4 Å². The predicted molar refractivity (Wildman–Crippen MR) is 97.8 cm³/mol. The van der Waals surface area contributed by atoms with E-state index in [2.05, 4.69) is 43.0 Å². The summed E-state index contributed by atoms with van der Waals surface area (Å²) in [6, 6.07) is 13.5. The molecule has 4 heteroatoms. The predicted octanol–water partition coefficient (Wildman–Crippen LogP) is 4.34. The number of hydrogen-bond donors (Lipinski definition) is 0. The summed E-state index contributed by atoms with van der Waals surface area (Å²) in [6.07, 6.45) is 0. The van der Waals surface area contributed by atoms with Crippen LogP contribution in [0.3, 0.4) is 0 Å². The van der Waals surface area contributed by atoms with Crippen molar-refractivity contribution in [1.82, 2.24) is 10.1 Å². The minimum atomic E-state index is -0.315. The van der Waals surface area contributed by atoms with Crippen LogP contribution in [0.25, 0.3) is 33.2 Å². The third kappa shape index (κ3) is 2.45. The molecule has 0 saturated heterocycles. The van der Waals surface area contributed by atoms with Crippen molar-refractivity contribution in [3.63, 3.8) is 0 Å². The van der Waals surface area contributed by atoms with Gasteiger partial charge in [-0.2, -0.15) is 0 Å². The van der Waals surface area contributed by atoms with Crippen LogP contribution in [0.2, 0.25) is 0 Å². The Hall–Kier alpha value is -2.88. The van der Waals surface area contributed by atoms with Crippen molar-refractivity contribution in [3.05, 3.63) is 65.0 Å². The average Bonchev–Trinajstić information content (AvgIpc) is 2.58. The lowest BCUT2D eigenvalue weighted by Crippen LogP contribution is -2.37. The molecular formula is C21H19FN3+. The Balaban J connectivity index is 2.08. The summed E-state index contributed by atoms with van der Waals surface area (Å²) in [5.41, 5.74) is 5.34. The van der Waals surface area contributed by atoms with E-state index in [-0.39, 0.29) is 5.82 Å². The minimum absolute atomic E-state index is 0.311. The first-order chi connectivity index (χ1) is 12.0. The van der Waals surface area contributed by atoms with Crippen LogP contribution in [0.1, 0.15) is 16.7 Å². The Morgan fingerprint density at radius 3 is 2.56 bits per heavy atom. The summed E-state index contributed by atoms with van der Waals surface area (Å²) in [5, 5.41) is 5.98. The average molecular weight is 332 g/mol. The number of rotatable bonds is 1. The molecular weight excluding hydrogens is 313 g/mol. The van der Waals surface area contributed by atoms with E-state index >= 15 is 4.39 Å². The fourth-order valence-corrected chi connectivity index (χ4v) is 3.35. The highest BCUT2D eigenvalue weighted by atomic mass is 19.1. The van der Waals surface area contributed by atoms with Gasteiger partial charge in [-0.05, 0) is 60.0 Å². The Labute approximate surface area is 145 Å². The van der Waals surface area contributed by atoms with Gasteiger partial charge in [0.1, 0.15) is 7.05 Å². The quantitative estimate of drug-likeness (QED) is 0.383. The summed E-state index contributed by atoms with van der Waals surface area (Å²) in [7, 11) is 1.85. The van der Waals surface area contributed by atoms with Crippen molar-refractivity contribution in [1.29, 1.82) is 0 Å². The second-order valence-electron chi connectivity index (χ2n) is 6.59. The molecule has 3 aromatic carbocycles. The molecule has 0 fully saturated rings. The van der Waals surface area contributed by atoms with E-state index in [1.807, 2.05) is 31.3 Å². The fraction of sp³-hybridized carbons (Fsp3) is 0.190. The number of hydrogen-bond acceptors (Lipinski definition) is 2. The van der Waals surface area contributed by atoms with Crippen LogP contribution in [0, 0.1) is 26.6 Å². The molecule has 0 amide bonds. The highest BCUT2D eigenvalue weighted by Crippen LogP contribution is 2.27. The first-order valence-corrected chi connectivity index (χ1v) is 8.29. The molecule has 1 aromatic heterocycles. The smallest absolute Gasteiger partial charge is 0.201 e. The normalized spacial score (nSPS) is 11.4. The SMILES string of the molecule is Cc1cc(C)c(C)c(-c2nc3c(F)c4ccccc4cc3n[n+]2C)c1. The molecule has 0 bridgehead atoms. The second-order valence-corrected chi connectivity index (χ2v) is 6.59. The third-order valence-electron chi connectivity index (χ3n) is 4.77. The minimum Gasteiger partial charge on any atom is -0.201 e. The maximum atomic E-state index is 15.0. The molecule has 3 nitrogen and oxygen atoms in total. The van der Waals surface area contributed by atoms with Gasteiger partial charge in [0.15, 0.2) is 11.3 Å². The monoisotopic (exact) mass is 332 g/mol. The van der Waals surface area contributed by atoms with Crippen molar-refractivity contribution in [2.45, 2.75) is 20.8 Å². The Morgan fingerprint density at radius 1 is 1.00 bits per heavy atom. The maximum Gasteiger partial charge on any atom is 0.351 e. The summed E-state index contributed by atoms with van der Waals surface area (Å²) in [6.45, 7) is 6.19. The van der Waals surface area contributed by atoms with Gasteiger partial charge in [0.2, 0.25) is 5.52 Å². The molecule has 0 aliphatic carbocycles. The zero-order valence-electron chi connectivity index (χ0n) is 14.8. The first-order valence-electron chi connectivity index (χ1n) is 8.29. The van der Waals surface area contributed by atoms with Gasteiger partial charge >= 0.3 is 5.82 Å². The standard InChI is InChI=1S/C21H19FN3/c1-12-9-13(2)14(3)17(10-12)21-23-20-18(24-25(21)4)11-15-7-5-6-8-16(15)19(20)22/h5-11H,1-4H3/q+1. The van der Waals surface area contributed by atoms with E-state index in [1.54, 1.807) is 10.7 Å². The van der Waals surface area contributed by atoms with E-state index in [9.17, 15) is 0 Å². The van der Waals surface area contributed by atoms with Crippen LogP contribution in [-0.4, -0.2) is 10.1 Å². The number of benzene rings is 3. The third-order valence-corrected chi connectivity index (χ3v) is 4.77. The molecule has 0 atom stereocenters. The van der Waals surface area contributed by atoms with Gasteiger partial charge in [-0.25, -0.2) is 4.39 Å². The van der Waals surface area contributed by atoms with Crippen LogP contribution in [0.5, 0.6) is 0 Å². The molecule has 0 radical (unpaired) electrons. The van der Waals surface area contributed by atoms with Gasteiger partial charge in [0.05, 0.1) is 5.56 Å². The second kappa shape index (κ2) is 5.59. The topological polar surface area (TPSA) is 29.7 Å². The molecule has 0 saturated carbocycles. The summed E-state index contributed by atoms with van der Waals surface area (Å²) in [4.78, 5) is 4.66. The molecule has 1 heterocycles. The van der Waals surface area contributed by atoms with Crippen LogP contribution < -0.4 is 4.68 Å². The lowest BCUT2D eigenvalue weighted by Gasteiger charge is -2.08. The zero-order valence-corrected chi connectivity index (χ0v) is 14.8. The van der Waals surface area contributed by atoms with Crippen LogP contribution in [-0.2, 0) is 7.05 Å². The Morgan fingerprint density at radius 2 is 1.76 bits per heavy atom. The van der Waals surface area contributed by atoms with Crippen LogP contribution in [0.4, 0.5) is 4.39 Å². The molecule has 0 aliphatic rings. The summed E-state index contributed by atoms with van der Waals surface area (Å²) in [5.74, 6) is 0.357. The van der Waals surface area contributed by atoms with E-state index < -0.39 is 0 Å². The maximum absolute atomic E-state index is 15.0. The van der Waals surface area contributed by atoms with Crippen molar-refractivity contribution >= 4 is 21.8 Å². The first kappa shape index (κ1) is 15.6. The lowest BCUT2D eigenvalue weighted by molar-refractivity contribution is -0.720. The number of nitrogens with zero attached hydrogens (tertiary/aromatic N) is 3. The van der Waals surface area contributed by atoms with Crippen molar-refractivity contribution in [2.24, 2.45) is 7.05 Å². The molecule has 124 valence electrons. The largest absolute Gasteiger partial charge is 0.351 e. The van der Waals surface area contributed by atoms with E-state index in [1.165, 1.54) is 5.56 Å². The van der Waals surface area contributed by atoms with Crippen molar-refractivity contribution in [2.75, 3.05) is 0 Å². The number of aryl methyl sites for hydroxylation is 3. The zero-order chi connectivity index (χ0) is 17.7. The van der Waals surface area contributed by atoms with Crippen LogP contribution >= 0.6 is 0 Å². The summed E-state index contributed by atoms with van der Waals surface area (Å²) < 4.78 is 16.8.